The van der Waals surface area contributed by atoms with E-state index in [4.69, 9.17) is 11.6 Å². The highest BCUT2D eigenvalue weighted by molar-refractivity contribution is 6.43. The maximum atomic E-state index is 12.0. The molecule has 0 bridgehead atoms. The average Bonchev–Trinajstić information content (AvgIpc) is 2.79. The molecule has 122 valence electrons. The number of carbonyl (C=O) groups excluding carboxylic acids is 1. The molecule has 0 radical (unpaired) electrons. The van der Waals surface area contributed by atoms with Gasteiger partial charge in [-0.1, -0.05) is 25.4 Å². The van der Waals surface area contributed by atoms with E-state index in [0.717, 1.165) is 32.1 Å². The molecule has 0 aliphatic heterocycles. The van der Waals surface area contributed by atoms with E-state index in [1.54, 1.807) is 0 Å². The van der Waals surface area contributed by atoms with Crippen LogP contribution in [-0.4, -0.2) is 17.0 Å². The third-order valence-corrected chi connectivity index (χ3v) is 8.44. The molecule has 3 fully saturated rings. The van der Waals surface area contributed by atoms with Gasteiger partial charge in [-0.2, -0.15) is 0 Å². The van der Waals surface area contributed by atoms with Crippen LogP contribution < -0.4 is 0 Å². The second-order valence-corrected chi connectivity index (χ2v) is 9.06. The second kappa shape index (κ2) is 4.83. The van der Waals surface area contributed by atoms with Crippen LogP contribution in [0.15, 0.2) is 10.6 Å². The van der Waals surface area contributed by atoms with Crippen LogP contribution >= 0.6 is 11.6 Å². The molecule has 4 aliphatic rings. The molecule has 0 aromatic rings. The fraction of sp³-hybridized carbons (Fsp3) is 0.842. The van der Waals surface area contributed by atoms with Gasteiger partial charge in [0.15, 0.2) is 5.78 Å². The van der Waals surface area contributed by atoms with Crippen molar-refractivity contribution in [1.29, 1.82) is 0 Å². The lowest BCUT2D eigenvalue weighted by molar-refractivity contribution is -0.118. The average molecular weight is 323 g/mol. The Morgan fingerprint density at radius 1 is 1.05 bits per heavy atom. The quantitative estimate of drug-likeness (QED) is 0.715. The van der Waals surface area contributed by atoms with E-state index in [1.807, 2.05) is 0 Å². The normalized spacial score (nSPS) is 51.4. The molecule has 0 aromatic heterocycles. The van der Waals surface area contributed by atoms with Gasteiger partial charge >= 0.3 is 0 Å². The largest absolute Gasteiger partial charge is 0.393 e. The predicted molar refractivity (Wildman–Crippen MR) is 87.5 cm³/mol. The van der Waals surface area contributed by atoms with Gasteiger partial charge in [-0.25, -0.2) is 0 Å². The first kappa shape index (κ1) is 15.2. The lowest BCUT2D eigenvalue weighted by Gasteiger charge is -2.57. The first-order chi connectivity index (χ1) is 10.4. The third kappa shape index (κ3) is 1.80. The Bertz CT molecular complexity index is 554. The van der Waals surface area contributed by atoms with Crippen LogP contribution in [0.25, 0.3) is 0 Å². The van der Waals surface area contributed by atoms with Gasteiger partial charge in [0.25, 0.3) is 0 Å². The zero-order valence-corrected chi connectivity index (χ0v) is 14.5. The van der Waals surface area contributed by atoms with E-state index in [2.05, 4.69) is 13.8 Å². The summed E-state index contributed by atoms with van der Waals surface area (Å²) < 4.78 is 0. The third-order valence-electron chi connectivity index (χ3n) is 8.00. The zero-order chi connectivity index (χ0) is 15.7. The van der Waals surface area contributed by atoms with Crippen LogP contribution in [0.2, 0.25) is 0 Å². The number of carbonyl (C=O) groups is 1. The molecule has 6 atom stereocenters. The van der Waals surface area contributed by atoms with Gasteiger partial charge < -0.3 is 5.11 Å². The maximum absolute atomic E-state index is 12.0. The Morgan fingerprint density at radius 2 is 1.82 bits per heavy atom. The molecule has 0 heterocycles. The second-order valence-electron chi connectivity index (χ2n) is 8.69. The number of hydrogen-bond acceptors (Lipinski definition) is 2. The number of hydrogen-bond donors (Lipinski definition) is 1. The van der Waals surface area contributed by atoms with E-state index < -0.39 is 0 Å². The molecule has 0 spiro atoms. The van der Waals surface area contributed by atoms with Crippen molar-refractivity contribution in [3.63, 3.8) is 0 Å². The van der Waals surface area contributed by atoms with Crippen molar-refractivity contribution < 1.29 is 9.90 Å². The summed E-state index contributed by atoms with van der Waals surface area (Å²) in [6.07, 6.45) is 8.11. The Labute approximate surface area is 138 Å². The van der Waals surface area contributed by atoms with E-state index >= 15 is 0 Å². The summed E-state index contributed by atoms with van der Waals surface area (Å²) in [4.78, 5) is 12.0. The van der Waals surface area contributed by atoms with Gasteiger partial charge in [0.05, 0.1) is 11.1 Å². The molecule has 22 heavy (non-hydrogen) atoms. The summed E-state index contributed by atoms with van der Waals surface area (Å²) >= 11 is 6.41. The summed E-state index contributed by atoms with van der Waals surface area (Å²) in [5.74, 6) is 2.18. The summed E-state index contributed by atoms with van der Waals surface area (Å²) in [5.41, 5.74) is 1.52. The van der Waals surface area contributed by atoms with Crippen molar-refractivity contribution >= 4 is 17.4 Å². The number of rotatable bonds is 0. The number of aliphatic hydroxyl groups is 1. The Hall–Kier alpha value is -0.340. The summed E-state index contributed by atoms with van der Waals surface area (Å²) in [6.45, 7) is 4.68. The monoisotopic (exact) mass is 322 g/mol. The summed E-state index contributed by atoms with van der Waals surface area (Å²) in [5, 5.41) is 11.0. The fourth-order valence-electron chi connectivity index (χ4n) is 6.62. The van der Waals surface area contributed by atoms with Crippen molar-refractivity contribution in [3.8, 4) is 0 Å². The van der Waals surface area contributed by atoms with E-state index in [9.17, 15) is 9.90 Å². The van der Waals surface area contributed by atoms with Crippen LogP contribution in [-0.2, 0) is 4.79 Å². The van der Waals surface area contributed by atoms with Gasteiger partial charge in [-0.05, 0) is 79.1 Å². The number of fused-ring (bicyclic) bond motifs is 5. The zero-order valence-electron chi connectivity index (χ0n) is 13.7. The van der Waals surface area contributed by atoms with E-state index in [0.29, 0.717) is 29.2 Å². The molecule has 3 saturated carbocycles. The van der Waals surface area contributed by atoms with E-state index in [-0.39, 0.29) is 22.7 Å². The molecule has 4 aliphatic carbocycles. The standard InChI is InChI=1S/C19H27ClO2/c1-18-10-8-15(21)17(20)14(18)4-3-11-12-5-6-16(22)19(12,2)9-7-13(11)18/h11-13,16,22H,3-10H2,1-2H3/t11?,12?,13?,16-,18?,19?/m0/s1. The molecule has 0 saturated heterocycles. The lowest BCUT2D eigenvalue weighted by atomic mass is 9.47. The van der Waals surface area contributed by atoms with Crippen LogP contribution in [0, 0.1) is 28.6 Å². The topological polar surface area (TPSA) is 37.3 Å². The molecule has 0 amide bonds. The lowest BCUT2D eigenvalue weighted by Crippen LogP contribution is -2.51. The van der Waals surface area contributed by atoms with Gasteiger partial charge in [0.1, 0.15) is 0 Å². The number of halogens is 1. The van der Waals surface area contributed by atoms with Crippen molar-refractivity contribution in [2.45, 2.75) is 71.3 Å². The van der Waals surface area contributed by atoms with Gasteiger partial charge in [0, 0.05) is 6.42 Å². The highest BCUT2D eigenvalue weighted by atomic mass is 35.5. The summed E-state index contributed by atoms with van der Waals surface area (Å²) in [7, 11) is 0. The van der Waals surface area contributed by atoms with Crippen LogP contribution in [0.4, 0.5) is 0 Å². The Kier molecular flexibility index (Phi) is 3.34. The molecular formula is C19H27ClO2. The highest BCUT2D eigenvalue weighted by Crippen LogP contribution is 2.65. The minimum Gasteiger partial charge on any atom is -0.393 e. The van der Waals surface area contributed by atoms with Crippen LogP contribution in [0.3, 0.4) is 0 Å². The number of ketones is 1. The van der Waals surface area contributed by atoms with Crippen molar-refractivity contribution in [1.82, 2.24) is 0 Å². The number of aliphatic hydroxyl groups excluding tert-OH is 1. The van der Waals surface area contributed by atoms with Crippen molar-refractivity contribution in [2.24, 2.45) is 28.6 Å². The Morgan fingerprint density at radius 3 is 2.59 bits per heavy atom. The first-order valence-corrected chi connectivity index (χ1v) is 9.36. The van der Waals surface area contributed by atoms with Crippen LogP contribution in [0.1, 0.15) is 65.2 Å². The van der Waals surface area contributed by atoms with Crippen molar-refractivity contribution in [2.75, 3.05) is 0 Å². The van der Waals surface area contributed by atoms with Gasteiger partial charge in [-0.15, -0.1) is 0 Å². The Balaban J connectivity index is 1.72. The SMILES string of the molecule is CC12CCC(=O)C(Cl)=C1CCC1C2CCC2(C)C1CC[C@@H]2O. The molecule has 1 N–H and O–H groups in total. The molecule has 3 heteroatoms. The fourth-order valence-corrected chi connectivity index (χ4v) is 7.03. The molecule has 2 nitrogen and oxygen atoms in total. The molecule has 4 rings (SSSR count). The van der Waals surface area contributed by atoms with Crippen molar-refractivity contribution in [3.05, 3.63) is 10.6 Å². The number of allylic oxidation sites excluding steroid dienone is 1. The predicted octanol–water partition coefficient (Wildman–Crippen LogP) is 4.45. The minimum atomic E-state index is -0.111. The number of Topliss-reactive ketones (excluding diaryl/α,β-unsaturated/α-hetero) is 1. The van der Waals surface area contributed by atoms with E-state index in [1.165, 1.54) is 18.4 Å². The molecular weight excluding hydrogens is 296 g/mol. The minimum absolute atomic E-state index is 0.111. The van der Waals surface area contributed by atoms with Gasteiger partial charge in [0.2, 0.25) is 0 Å². The maximum Gasteiger partial charge on any atom is 0.174 e. The molecule has 5 unspecified atom stereocenters. The smallest absolute Gasteiger partial charge is 0.174 e. The highest BCUT2D eigenvalue weighted by Gasteiger charge is 2.59. The van der Waals surface area contributed by atoms with Crippen LogP contribution in [0.5, 0.6) is 0 Å². The van der Waals surface area contributed by atoms with Gasteiger partial charge in [-0.3, -0.25) is 4.79 Å². The summed E-state index contributed by atoms with van der Waals surface area (Å²) in [6, 6.07) is 0. The molecule has 0 aromatic carbocycles. The first-order valence-electron chi connectivity index (χ1n) is 8.98.